The van der Waals surface area contributed by atoms with E-state index in [0.717, 1.165) is 13.0 Å². The molecule has 0 aliphatic rings. The highest BCUT2D eigenvalue weighted by Gasteiger charge is 2.04. The van der Waals surface area contributed by atoms with Crippen molar-refractivity contribution in [1.82, 2.24) is 4.90 Å². The third kappa shape index (κ3) is 4.88. The zero-order chi connectivity index (χ0) is 13.5. The average Bonchev–Trinajstić information content (AvgIpc) is 2.35. The van der Waals surface area contributed by atoms with Gasteiger partial charge in [-0.05, 0) is 36.9 Å². The minimum Gasteiger partial charge on any atom is -0.369 e. The highest BCUT2D eigenvalue weighted by molar-refractivity contribution is 5.75. The van der Waals surface area contributed by atoms with Gasteiger partial charge in [-0.2, -0.15) is 0 Å². The van der Waals surface area contributed by atoms with Gasteiger partial charge in [0.05, 0.1) is 6.54 Å². The Bertz CT molecular complexity index is 373. The number of rotatable bonds is 7. The zero-order valence-electron chi connectivity index (χ0n) is 11.6. The Morgan fingerprint density at radius 3 is 2.44 bits per heavy atom. The highest BCUT2D eigenvalue weighted by Crippen LogP contribution is 2.18. The van der Waals surface area contributed by atoms with Crippen LogP contribution in [-0.2, 0) is 11.2 Å². The molecule has 0 saturated heterocycles. The summed E-state index contributed by atoms with van der Waals surface area (Å²) in [6, 6.07) is 8.77. The van der Waals surface area contributed by atoms with Crippen LogP contribution in [0.2, 0.25) is 0 Å². The molecular weight excluding hydrogens is 224 g/mol. The fourth-order valence-electron chi connectivity index (χ4n) is 1.91. The Kier molecular flexibility index (Phi) is 5.86. The van der Waals surface area contributed by atoms with Gasteiger partial charge in [-0.25, -0.2) is 0 Å². The zero-order valence-corrected chi connectivity index (χ0v) is 11.6. The van der Waals surface area contributed by atoms with Crippen molar-refractivity contribution in [3.8, 4) is 0 Å². The first-order valence-corrected chi connectivity index (χ1v) is 6.58. The fraction of sp³-hybridized carbons (Fsp3) is 0.533. The van der Waals surface area contributed by atoms with E-state index in [1.165, 1.54) is 17.5 Å². The number of carbonyl (C=O) groups excluding carboxylic acids is 1. The molecule has 0 aliphatic heterocycles. The Morgan fingerprint density at radius 1 is 1.33 bits per heavy atom. The molecule has 0 aliphatic carbocycles. The lowest BCUT2D eigenvalue weighted by atomic mass is 9.97. The number of carbonyl (C=O) groups is 1. The number of benzene rings is 1. The standard InChI is InChI=1S/C15H24N2O/c1-4-12(2)14-7-5-13(6-8-14)9-10-17(3)11-15(16)18/h5-8,12H,4,9-11H2,1-3H3,(H2,16,18). The van der Waals surface area contributed by atoms with Crippen molar-refractivity contribution in [3.63, 3.8) is 0 Å². The SMILES string of the molecule is CCC(C)c1ccc(CCN(C)CC(N)=O)cc1. The quantitative estimate of drug-likeness (QED) is 0.803. The molecule has 1 unspecified atom stereocenters. The molecule has 0 aromatic heterocycles. The topological polar surface area (TPSA) is 46.3 Å². The van der Waals surface area contributed by atoms with E-state index in [4.69, 9.17) is 5.73 Å². The van der Waals surface area contributed by atoms with E-state index in [1.807, 2.05) is 11.9 Å². The third-order valence-corrected chi connectivity index (χ3v) is 3.37. The van der Waals surface area contributed by atoms with Crippen LogP contribution in [0.4, 0.5) is 0 Å². The third-order valence-electron chi connectivity index (χ3n) is 3.37. The molecule has 3 nitrogen and oxygen atoms in total. The van der Waals surface area contributed by atoms with Gasteiger partial charge < -0.3 is 5.73 Å². The van der Waals surface area contributed by atoms with Crippen LogP contribution in [0.3, 0.4) is 0 Å². The van der Waals surface area contributed by atoms with Gasteiger partial charge in [-0.3, -0.25) is 9.69 Å². The minimum atomic E-state index is -0.274. The lowest BCUT2D eigenvalue weighted by Crippen LogP contribution is -2.32. The van der Waals surface area contributed by atoms with E-state index < -0.39 is 0 Å². The van der Waals surface area contributed by atoms with Crippen molar-refractivity contribution in [1.29, 1.82) is 0 Å². The molecule has 0 radical (unpaired) electrons. The van der Waals surface area contributed by atoms with Crippen molar-refractivity contribution >= 4 is 5.91 Å². The molecule has 2 N–H and O–H groups in total. The van der Waals surface area contributed by atoms with Crippen LogP contribution in [0.1, 0.15) is 37.3 Å². The molecule has 1 rings (SSSR count). The Labute approximate surface area is 110 Å². The Balaban J connectivity index is 2.46. The van der Waals surface area contributed by atoms with Crippen molar-refractivity contribution in [2.24, 2.45) is 5.73 Å². The van der Waals surface area contributed by atoms with Gasteiger partial charge in [-0.1, -0.05) is 38.1 Å². The van der Waals surface area contributed by atoms with E-state index in [1.54, 1.807) is 0 Å². The summed E-state index contributed by atoms with van der Waals surface area (Å²) in [7, 11) is 1.91. The van der Waals surface area contributed by atoms with Gasteiger partial charge in [0.2, 0.25) is 5.91 Å². The first-order chi connectivity index (χ1) is 8.52. The van der Waals surface area contributed by atoms with E-state index in [-0.39, 0.29) is 5.91 Å². The van der Waals surface area contributed by atoms with Crippen molar-refractivity contribution in [3.05, 3.63) is 35.4 Å². The molecule has 0 heterocycles. The molecule has 1 atom stereocenters. The molecule has 100 valence electrons. The smallest absolute Gasteiger partial charge is 0.231 e. The molecule has 1 amide bonds. The van der Waals surface area contributed by atoms with Crippen molar-refractivity contribution in [2.75, 3.05) is 20.1 Å². The number of primary amides is 1. The van der Waals surface area contributed by atoms with Crippen LogP contribution in [0.25, 0.3) is 0 Å². The van der Waals surface area contributed by atoms with Crippen LogP contribution in [-0.4, -0.2) is 30.9 Å². The largest absolute Gasteiger partial charge is 0.369 e. The van der Waals surface area contributed by atoms with Crippen molar-refractivity contribution in [2.45, 2.75) is 32.6 Å². The predicted molar refractivity (Wildman–Crippen MR) is 75.5 cm³/mol. The normalized spacial score (nSPS) is 12.7. The molecule has 1 aromatic carbocycles. The second-order valence-corrected chi connectivity index (χ2v) is 5.00. The second kappa shape index (κ2) is 7.17. The Morgan fingerprint density at radius 2 is 1.94 bits per heavy atom. The monoisotopic (exact) mass is 248 g/mol. The molecule has 18 heavy (non-hydrogen) atoms. The van der Waals surface area contributed by atoms with Gasteiger partial charge >= 0.3 is 0 Å². The van der Waals surface area contributed by atoms with Gasteiger partial charge in [0.25, 0.3) is 0 Å². The molecule has 0 bridgehead atoms. The number of amides is 1. The number of likely N-dealkylation sites (N-methyl/N-ethyl adjacent to an activating group) is 1. The van der Waals surface area contributed by atoms with Gasteiger partial charge in [0.1, 0.15) is 0 Å². The summed E-state index contributed by atoms with van der Waals surface area (Å²) in [6.45, 7) is 5.63. The summed E-state index contributed by atoms with van der Waals surface area (Å²) in [5.74, 6) is 0.348. The summed E-state index contributed by atoms with van der Waals surface area (Å²) < 4.78 is 0. The van der Waals surface area contributed by atoms with Crippen LogP contribution >= 0.6 is 0 Å². The molecule has 0 saturated carbocycles. The second-order valence-electron chi connectivity index (χ2n) is 5.00. The van der Waals surface area contributed by atoms with Gasteiger partial charge in [0.15, 0.2) is 0 Å². The molecule has 3 heteroatoms. The van der Waals surface area contributed by atoms with Gasteiger partial charge in [0, 0.05) is 6.54 Å². The summed E-state index contributed by atoms with van der Waals surface area (Å²) in [6.07, 6.45) is 2.12. The van der Waals surface area contributed by atoms with E-state index in [0.29, 0.717) is 12.5 Å². The average molecular weight is 248 g/mol. The molecule has 0 fully saturated rings. The van der Waals surface area contributed by atoms with Gasteiger partial charge in [-0.15, -0.1) is 0 Å². The fourth-order valence-corrected chi connectivity index (χ4v) is 1.91. The minimum absolute atomic E-state index is 0.274. The lowest BCUT2D eigenvalue weighted by molar-refractivity contribution is -0.118. The van der Waals surface area contributed by atoms with Crippen LogP contribution in [0.15, 0.2) is 24.3 Å². The summed E-state index contributed by atoms with van der Waals surface area (Å²) in [5, 5.41) is 0. The Hall–Kier alpha value is -1.35. The number of hydrogen-bond acceptors (Lipinski definition) is 2. The highest BCUT2D eigenvalue weighted by atomic mass is 16.1. The molecule has 0 spiro atoms. The first-order valence-electron chi connectivity index (χ1n) is 6.58. The summed E-state index contributed by atoms with van der Waals surface area (Å²) >= 11 is 0. The summed E-state index contributed by atoms with van der Waals surface area (Å²) in [5.41, 5.74) is 7.85. The maximum atomic E-state index is 10.8. The first kappa shape index (κ1) is 14.7. The number of nitrogens with zero attached hydrogens (tertiary/aromatic N) is 1. The lowest BCUT2D eigenvalue weighted by Gasteiger charge is -2.15. The molecule has 1 aromatic rings. The van der Waals surface area contributed by atoms with Crippen molar-refractivity contribution < 1.29 is 4.79 Å². The maximum Gasteiger partial charge on any atom is 0.231 e. The van der Waals surface area contributed by atoms with Crippen LogP contribution in [0.5, 0.6) is 0 Å². The number of nitrogens with two attached hydrogens (primary N) is 1. The number of hydrogen-bond donors (Lipinski definition) is 1. The summed E-state index contributed by atoms with van der Waals surface area (Å²) in [4.78, 5) is 12.7. The van der Waals surface area contributed by atoms with E-state index >= 15 is 0 Å². The predicted octanol–water partition coefficient (Wildman–Crippen LogP) is 2.16. The van der Waals surface area contributed by atoms with E-state index in [9.17, 15) is 4.79 Å². The molecular formula is C15H24N2O. The van der Waals surface area contributed by atoms with Crippen LogP contribution < -0.4 is 5.73 Å². The maximum absolute atomic E-state index is 10.8. The van der Waals surface area contributed by atoms with Crippen LogP contribution in [0, 0.1) is 0 Å². The van der Waals surface area contributed by atoms with E-state index in [2.05, 4.69) is 38.1 Å².